The van der Waals surface area contributed by atoms with Gasteiger partial charge in [-0.3, -0.25) is 9.10 Å². The van der Waals surface area contributed by atoms with Gasteiger partial charge in [0.25, 0.3) is 10.0 Å². The van der Waals surface area contributed by atoms with Crippen molar-refractivity contribution >= 4 is 44.8 Å². The van der Waals surface area contributed by atoms with E-state index >= 15 is 0 Å². The van der Waals surface area contributed by atoms with Crippen LogP contribution in [0.25, 0.3) is 0 Å². The predicted molar refractivity (Wildman–Crippen MR) is 125 cm³/mol. The van der Waals surface area contributed by atoms with Gasteiger partial charge in [-0.2, -0.15) is 0 Å². The quantitative estimate of drug-likeness (QED) is 0.497. The van der Waals surface area contributed by atoms with Gasteiger partial charge in [0.15, 0.2) is 0 Å². The Morgan fingerprint density at radius 1 is 1.00 bits per heavy atom. The number of nitrogens with one attached hydrogen (secondary N) is 1. The number of halogens is 2. The van der Waals surface area contributed by atoms with E-state index in [1.165, 1.54) is 24.3 Å². The number of anilines is 1. The summed E-state index contributed by atoms with van der Waals surface area (Å²) in [4.78, 5) is 12.9. The third-order valence-corrected chi connectivity index (χ3v) is 7.08. The van der Waals surface area contributed by atoms with Gasteiger partial charge in [0.2, 0.25) is 5.91 Å². The maximum absolute atomic E-state index is 13.4. The van der Waals surface area contributed by atoms with Crippen molar-refractivity contribution in [2.75, 3.05) is 10.8 Å². The van der Waals surface area contributed by atoms with Crippen molar-refractivity contribution in [1.29, 1.82) is 0 Å². The minimum atomic E-state index is -4.08. The normalized spacial score (nSPS) is 12.3. The number of amides is 1. The summed E-state index contributed by atoms with van der Waals surface area (Å²) in [6, 6.07) is 20.0. The van der Waals surface area contributed by atoms with Crippen LogP contribution in [-0.4, -0.2) is 20.9 Å². The Morgan fingerprint density at radius 3 is 2.29 bits per heavy atom. The van der Waals surface area contributed by atoms with E-state index in [4.69, 9.17) is 23.2 Å². The molecule has 3 aromatic carbocycles. The lowest BCUT2D eigenvalue weighted by atomic mass is 10.1. The van der Waals surface area contributed by atoms with E-state index in [0.29, 0.717) is 5.02 Å². The van der Waals surface area contributed by atoms with Crippen molar-refractivity contribution in [2.45, 2.75) is 24.8 Å². The molecule has 1 N–H and O–H groups in total. The molecule has 0 aliphatic carbocycles. The zero-order chi connectivity index (χ0) is 22.6. The Morgan fingerprint density at radius 2 is 1.65 bits per heavy atom. The second-order valence-corrected chi connectivity index (χ2v) is 9.83. The van der Waals surface area contributed by atoms with Crippen molar-refractivity contribution in [3.63, 3.8) is 0 Å². The van der Waals surface area contributed by atoms with Crippen molar-refractivity contribution in [3.8, 4) is 0 Å². The Labute approximate surface area is 192 Å². The SMILES string of the molecule is Cc1ccc(S(=O)(=O)N(CC(=O)N[C@H](C)c2ccccc2)c2cc(Cl)ccc2Cl)cc1. The number of nitrogens with zero attached hydrogens (tertiary/aromatic N) is 1. The molecule has 8 heteroatoms. The summed E-state index contributed by atoms with van der Waals surface area (Å²) in [5.41, 5.74) is 1.96. The minimum absolute atomic E-state index is 0.0538. The molecule has 0 unspecified atom stereocenters. The van der Waals surface area contributed by atoms with E-state index < -0.39 is 22.5 Å². The Hall–Kier alpha value is -2.54. The monoisotopic (exact) mass is 476 g/mol. The first kappa shape index (κ1) is 23.1. The fourth-order valence-corrected chi connectivity index (χ4v) is 4.92. The van der Waals surface area contributed by atoms with Crippen LogP contribution in [0.2, 0.25) is 10.0 Å². The van der Waals surface area contributed by atoms with Crippen LogP contribution in [-0.2, 0) is 14.8 Å². The molecular weight excluding hydrogens is 455 g/mol. The molecule has 3 rings (SSSR count). The number of carbonyl (C=O) groups excluding carboxylic acids is 1. The molecule has 5 nitrogen and oxygen atoms in total. The number of sulfonamides is 1. The molecule has 0 aliphatic rings. The third kappa shape index (κ3) is 5.58. The second-order valence-electron chi connectivity index (χ2n) is 7.12. The van der Waals surface area contributed by atoms with Gasteiger partial charge < -0.3 is 5.32 Å². The van der Waals surface area contributed by atoms with Crippen LogP contribution in [0, 0.1) is 6.92 Å². The van der Waals surface area contributed by atoms with Crippen LogP contribution in [0.5, 0.6) is 0 Å². The summed E-state index contributed by atoms with van der Waals surface area (Å²) >= 11 is 12.4. The summed E-state index contributed by atoms with van der Waals surface area (Å²) in [5, 5.41) is 3.32. The van der Waals surface area contributed by atoms with Gasteiger partial charge in [0, 0.05) is 5.02 Å². The number of benzene rings is 3. The Balaban J connectivity index is 1.95. The molecular formula is C23H22Cl2N2O3S. The van der Waals surface area contributed by atoms with Crippen molar-refractivity contribution in [3.05, 3.63) is 94.0 Å². The summed E-state index contributed by atoms with van der Waals surface area (Å²) in [5.74, 6) is -0.469. The topological polar surface area (TPSA) is 66.5 Å². The molecule has 0 saturated carbocycles. The largest absolute Gasteiger partial charge is 0.348 e. The highest BCUT2D eigenvalue weighted by molar-refractivity contribution is 7.92. The van der Waals surface area contributed by atoms with Crippen LogP contribution in [0.4, 0.5) is 5.69 Å². The number of hydrogen-bond acceptors (Lipinski definition) is 3. The van der Waals surface area contributed by atoms with E-state index in [1.807, 2.05) is 44.2 Å². The molecule has 0 aromatic heterocycles. The highest BCUT2D eigenvalue weighted by Crippen LogP contribution is 2.33. The van der Waals surface area contributed by atoms with Crippen molar-refractivity contribution in [2.24, 2.45) is 0 Å². The molecule has 0 bridgehead atoms. The van der Waals surface area contributed by atoms with Crippen molar-refractivity contribution < 1.29 is 13.2 Å². The molecule has 0 aliphatic heterocycles. The zero-order valence-corrected chi connectivity index (χ0v) is 19.4. The molecule has 0 fully saturated rings. The molecule has 31 heavy (non-hydrogen) atoms. The number of hydrogen-bond donors (Lipinski definition) is 1. The van der Waals surface area contributed by atoms with Crippen LogP contribution in [0.3, 0.4) is 0 Å². The summed E-state index contributed by atoms with van der Waals surface area (Å²) in [7, 11) is -4.08. The molecule has 162 valence electrons. The highest BCUT2D eigenvalue weighted by Gasteiger charge is 2.29. The van der Waals surface area contributed by atoms with Gasteiger partial charge in [-0.15, -0.1) is 0 Å². The zero-order valence-electron chi connectivity index (χ0n) is 17.0. The predicted octanol–water partition coefficient (Wildman–Crippen LogP) is 5.37. The van der Waals surface area contributed by atoms with Gasteiger partial charge in [-0.1, -0.05) is 71.2 Å². The molecule has 0 radical (unpaired) electrons. The summed E-state index contributed by atoms with van der Waals surface area (Å²) < 4.78 is 27.9. The Bertz CT molecular complexity index is 1170. The number of rotatable bonds is 7. The third-order valence-electron chi connectivity index (χ3n) is 4.75. The smallest absolute Gasteiger partial charge is 0.264 e. The standard InChI is InChI=1S/C23H22Cl2N2O3S/c1-16-8-11-20(12-9-16)31(29,30)27(22-14-19(24)10-13-21(22)25)15-23(28)26-17(2)18-6-4-3-5-7-18/h3-14,17H,15H2,1-2H3,(H,26,28)/t17-/m1/s1. The van der Waals surface area contributed by atoms with Gasteiger partial charge in [-0.05, 0) is 49.7 Å². The van der Waals surface area contributed by atoms with E-state index in [-0.39, 0.29) is 21.6 Å². The molecule has 0 heterocycles. The van der Waals surface area contributed by atoms with E-state index in [9.17, 15) is 13.2 Å². The van der Waals surface area contributed by atoms with Gasteiger partial charge in [-0.25, -0.2) is 8.42 Å². The summed E-state index contributed by atoms with van der Waals surface area (Å²) in [6.45, 7) is 3.24. The molecule has 0 saturated heterocycles. The first-order valence-electron chi connectivity index (χ1n) is 9.57. The number of aryl methyl sites for hydroxylation is 1. The lowest BCUT2D eigenvalue weighted by Crippen LogP contribution is -2.41. The van der Waals surface area contributed by atoms with Crippen molar-refractivity contribution in [1.82, 2.24) is 5.32 Å². The average Bonchev–Trinajstić information content (AvgIpc) is 2.74. The van der Waals surface area contributed by atoms with E-state index in [0.717, 1.165) is 15.4 Å². The van der Waals surface area contributed by atoms with E-state index in [2.05, 4.69) is 5.32 Å². The fraction of sp³-hybridized carbons (Fsp3) is 0.174. The van der Waals surface area contributed by atoms with Crippen LogP contribution in [0.1, 0.15) is 24.1 Å². The molecule has 3 aromatic rings. The Kier molecular flexibility index (Phi) is 7.26. The molecule has 1 amide bonds. The first-order chi connectivity index (χ1) is 14.7. The van der Waals surface area contributed by atoms with Gasteiger partial charge >= 0.3 is 0 Å². The second kappa shape index (κ2) is 9.73. The average molecular weight is 477 g/mol. The van der Waals surface area contributed by atoms with Gasteiger partial charge in [0.1, 0.15) is 6.54 Å². The molecule has 1 atom stereocenters. The fourth-order valence-electron chi connectivity index (χ4n) is 3.06. The van der Waals surface area contributed by atoms with Crippen LogP contribution >= 0.6 is 23.2 Å². The van der Waals surface area contributed by atoms with Crippen LogP contribution < -0.4 is 9.62 Å². The van der Waals surface area contributed by atoms with E-state index in [1.54, 1.807) is 18.2 Å². The lowest BCUT2D eigenvalue weighted by Gasteiger charge is -2.26. The van der Waals surface area contributed by atoms with Gasteiger partial charge in [0.05, 0.1) is 21.6 Å². The highest BCUT2D eigenvalue weighted by atomic mass is 35.5. The maximum atomic E-state index is 13.4. The number of carbonyl (C=O) groups is 1. The maximum Gasteiger partial charge on any atom is 0.264 e. The summed E-state index contributed by atoms with van der Waals surface area (Å²) in [6.07, 6.45) is 0. The first-order valence-corrected chi connectivity index (χ1v) is 11.8. The van der Waals surface area contributed by atoms with Crippen LogP contribution in [0.15, 0.2) is 77.7 Å². The minimum Gasteiger partial charge on any atom is -0.348 e. The molecule has 0 spiro atoms. The lowest BCUT2D eigenvalue weighted by molar-refractivity contribution is -0.120.